The van der Waals surface area contributed by atoms with Crippen LogP contribution in [0.3, 0.4) is 0 Å². The molecular formula is C19H21N5O. The van der Waals surface area contributed by atoms with Gasteiger partial charge in [-0.15, -0.1) is 0 Å². The molecule has 0 saturated carbocycles. The van der Waals surface area contributed by atoms with E-state index in [1.165, 1.54) is 5.56 Å². The van der Waals surface area contributed by atoms with Crippen molar-refractivity contribution in [3.63, 3.8) is 0 Å². The van der Waals surface area contributed by atoms with Crippen molar-refractivity contribution in [3.8, 4) is 0 Å². The predicted octanol–water partition coefficient (Wildman–Crippen LogP) is 2.17. The number of carbonyl (C=O) groups excluding carboxylic acids is 1. The van der Waals surface area contributed by atoms with Gasteiger partial charge in [-0.2, -0.15) is 5.10 Å². The highest BCUT2D eigenvalue weighted by atomic mass is 16.2. The molecule has 1 unspecified atom stereocenters. The summed E-state index contributed by atoms with van der Waals surface area (Å²) in [6, 6.07) is 10.3. The minimum absolute atomic E-state index is 0.107. The van der Waals surface area contributed by atoms with E-state index in [9.17, 15) is 4.79 Å². The van der Waals surface area contributed by atoms with Crippen LogP contribution in [0, 0.1) is 6.92 Å². The normalized spacial score (nSPS) is 16.7. The predicted molar refractivity (Wildman–Crippen MR) is 93.9 cm³/mol. The third-order valence-corrected chi connectivity index (χ3v) is 4.85. The number of aromatic nitrogens is 4. The van der Waals surface area contributed by atoms with Crippen LogP contribution in [0.15, 0.2) is 42.9 Å². The highest BCUT2D eigenvalue weighted by molar-refractivity contribution is 5.79. The molecule has 1 aliphatic heterocycles. The Labute approximate surface area is 146 Å². The minimum Gasteiger partial charge on any atom is -0.347 e. The lowest BCUT2D eigenvalue weighted by Gasteiger charge is -2.32. The number of fused-ring (bicyclic) bond motifs is 1. The molecule has 128 valence electrons. The molecule has 1 N–H and O–H groups in total. The Bertz CT molecular complexity index is 896. The Morgan fingerprint density at radius 3 is 2.84 bits per heavy atom. The van der Waals surface area contributed by atoms with Gasteiger partial charge in [0, 0.05) is 31.3 Å². The first-order valence-corrected chi connectivity index (χ1v) is 8.46. The van der Waals surface area contributed by atoms with E-state index < -0.39 is 0 Å². The largest absolute Gasteiger partial charge is 0.347 e. The van der Waals surface area contributed by atoms with Crippen LogP contribution in [0.25, 0.3) is 0 Å². The van der Waals surface area contributed by atoms with Gasteiger partial charge in [-0.3, -0.25) is 9.48 Å². The molecule has 0 fully saturated rings. The molecule has 4 rings (SSSR count). The summed E-state index contributed by atoms with van der Waals surface area (Å²) < 4.78 is 1.76. The second-order valence-corrected chi connectivity index (χ2v) is 6.59. The second kappa shape index (κ2) is 6.20. The van der Waals surface area contributed by atoms with Crippen LogP contribution in [0.1, 0.15) is 34.1 Å². The summed E-state index contributed by atoms with van der Waals surface area (Å²) >= 11 is 0. The highest BCUT2D eigenvalue weighted by Gasteiger charge is 2.31. The Morgan fingerprint density at radius 1 is 1.32 bits per heavy atom. The van der Waals surface area contributed by atoms with Crippen LogP contribution >= 0.6 is 0 Å². The van der Waals surface area contributed by atoms with Crippen molar-refractivity contribution >= 4 is 5.91 Å². The highest BCUT2D eigenvalue weighted by Crippen LogP contribution is 2.31. The molecule has 0 saturated heterocycles. The van der Waals surface area contributed by atoms with Gasteiger partial charge in [-0.25, -0.2) is 4.98 Å². The van der Waals surface area contributed by atoms with Gasteiger partial charge in [-0.05, 0) is 12.5 Å². The zero-order valence-electron chi connectivity index (χ0n) is 14.4. The number of imidazole rings is 1. The maximum atomic E-state index is 12.9. The summed E-state index contributed by atoms with van der Waals surface area (Å²) in [6.45, 7) is 3.18. The quantitative estimate of drug-likeness (QED) is 0.798. The molecule has 1 amide bonds. The molecule has 3 aromatic rings. The van der Waals surface area contributed by atoms with E-state index >= 15 is 0 Å². The zero-order valence-corrected chi connectivity index (χ0v) is 14.4. The first-order chi connectivity index (χ1) is 12.1. The number of H-pyrrole nitrogens is 1. The van der Waals surface area contributed by atoms with Crippen molar-refractivity contribution in [2.24, 2.45) is 7.05 Å². The number of hydrogen-bond acceptors (Lipinski definition) is 3. The van der Waals surface area contributed by atoms with Crippen molar-refractivity contribution in [2.45, 2.75) is 25.8 Å². The zero-order chi connectivity index (χ0) is 17.4. The van der Waals surface area contributed by atoms with Crippen LogP contribution in [0.2, 0.25) is 0 Å². The first kappa shape index (κ1) is 15.6. The summed E-state index contributed by atoms with van der Waals surface area (Å²) in [7, 11) is 1.88. The number of aryl methyl sites for hydroxylation is 2. The van der Waals surface area contributed by atoms with Crippen molar-refractivity contribution in [1.82, 2.24) is 24.6 Å². The summed E-state index contributed by atoms with van der Waals surface area (Å²) in [5, 5.41) is 4.33. The number of nitrogens with one attached hydrogen (secondary N) is 1. The lowest BCUT2D eigenvalue weighted by molar-refractivity contribution is -0.131. The van der Waals surface area contributed by atoms with Gasteiger partial charge in [0.2, 0.25) is 5.91 Å². The molecule has 1 aliphatic rings. The smallest absolute Gasteiger partial charge is 0.227 e. The summed E-state index contributed by atoms with van der Waals surface area (Å²) in [5.74, 6) is 0.229. The van der Waals surface area contributed by atoms with Gasteiger partial charge in [0.15, 0.2) is 0 Å². The molecule has 25 heavy (non-hydrogen) atoms. The molecule has 2 aromatic heterocycles. The van der Waals surface area contributed by atoms with Crippen molar-refractivity contribution in [1.29, 1.82) is 0 Å². The molecule has 1 aromatic carbocycles. The molecule has 0 radical (unpaired) electrons. The first-order valence-electron chi connectivity index (χ1n) is 8.46. The number of aromatic amines is 1. The number of rotatable bonds is 3. The minimum atomic E-state index is 0.107. The molecule has 6 heteroatoms. The monoisotopic (exact) mass is 335 g/mol. The Hall–Kier alpha value is -2.89. The van der Waals surface area contributed by atoms with E-state index in [-0.39, 0.29) is 11.8 Å². The van der Waals surface area contributed by atoms with Gasteiger partial charge < -0.3 is 9.88 Å². The van der Waals surface area contributed by atoms with E-state index in [2.05, 4.69) is 27.2 Å². The third-order valence-electron chi connectivity index (χ3n) is 4.85. The maximum absolute atomic E-state index is 12.9. The van der Waals surface area contributed by atoms with Gasteiger partial charge in [0.1, 0.15) is 0 Å². The molecular weight excluding hydrogens is 314 g/mol. The van der Waals surface area contributed by atoms with Gasteiger partial charge in [0.05, 0.1) is 36.4 Å². The molecule has 0 bridgehead atoms. The Kier molecular flexibility index (Phi) is 3.87. The fourth-order valence-electron chi connectivity index (χ4n) is 3.56. The molecule has 0 spiro atoms. The average Bonchev–Trinajstić information content (AvgIpc) is 3.20. The fourth-order valence-corrected chi connectivity index (χ4v) is 3.56. The number of nitrogens with zero attached hydrogens (tertiary/aromatic N) is 4. The van der Waals surface area contributed by atoms with Gasteiger partial charge >= 0.3 is 0 Å². The van der Waals surface area contributed by atoms with Crippen LogP contribution < -0.4 is 0 Å². The number of amides is 1. The maximum Gasteiger partial charge on any atom is 0.227 e. The van der Waals surface area contributed by atoms with E-state index in [1.54, 1.807) is 11.0 Å². The fraction of sp³-hybridized carbons (Fsp3) is 0.316. The molecule has 3 heterocycles. The third kappa shape index (κ3) is 2.95. The van der Waals surface area contributed by atoms with E-state index in [1.807, 2.05) is 43.3 Å². The van der Waals surface area contributed by atoms with Gasteiger partial charge in [0.25, 0.3) is 0 Å². The lowest BCUT2D eigenvalue weighted by atomic mass is 9.90. The van der Waals surface area contributed by atoms with Gasteiger partial charge in [-0.1, -0.05) is 30.3 Å². The molecule has 1 atom stereocenters. The number of hydrogen-bond donors (Lipinski definition) is 1. The van der Waals surface area contributed by atoms with E-state index in [0.717, 1.165) is 22.6 Å². The summed E-state index contributed by atoms with van der Waals surface area (Å²) in [6.07, 6.45) is 4.03. The Balaban J connectivity index is 1.59. The van der Waals surface area contributed by atoms with E-state index in [4.69, 9.17) is 0 Å². The molecule has 6 nitrogen and oxygen atoms in total. The Morgan fingerprint density at radius 2 is 2.12 bits per heavy atom. The number of benzene rings is 1. The van der Waals surface area contributed by atoms with Crippen molar-refractivity contribution in [3.05, 3.63) is 71.1 Å². The standard InChI is InChI=1S/C19H21N5O/c1-13-15(9-23(2)22-13)8-18(25)24-10-16(14-6-4-3-5-7-14)19-17(11-24)20-12-21-19/h3-7,9,12,16H,8,10-11H2,1-2H3,(H,20,21). The lowest BCUT2D eigenvalue weighted by Crippen LogP contribution is -2.39. The van der Waals surface area contributed by atoms with E-state index in [0.29, 0.717) is 19.5 Å². The van der Waals surface area contributed by atoms with Crippen LogP contribution in [-0.2, 0) is 24.8 Å². The van der Waals surface area contributed by atoms with Crippen molar-refractivity contribution in [2.75, 3.05) is 6.54 Å². The SMILES string of the molecule is Cc1nn(C)cc1CC(=O)N1Cc2[nH]cnc2C(c2ccccc2)C1. The van der Waals surface area contributed by atoms with Crippen LogP contribution in [-0.4, -0.2) is 37.1 Å². The van der Waals surface area contributed by atoms with Crippen LogP contribution in [0.4, 0.5) is 0 Å². The topological polar surface area (TPSA) is 66.8 Å². The van der Waals surface area contributed by atoms with Crippen LogP contribution in [0.5, 0.6) is 0 Å². The second-order valence-electron chi connectivity index (χ2n) is 6.59. The number of carbonyl (C=O) groups is 1. The summed E-state index contributed by atoms with van der Waals surface area (Å²) in [4.78, 5) is 22.5. The van der Waals surface area contributed by atoms with Crippen molar-refractivity contribution < 1.29 is 4.79 Å². The summed E-state index contributed by atoms with van der Waals surface area (Å²) in [5.41, 5.74) is 5.16. The molecule has 0 aliphatic carbocycles. The average molecular weight is 335 g/mol.